The van der Waals surface area contributed by atoms with Crippen molar-refractivity contribution in [1.82, 2.24) is 5.32 Å². The number of ether oxygens (including phenoxy) is 3. The maximum atomic E-state index is 11.7. The first-order valence-corrected chi connectivity index (χ1v) is 7.03. The minimum atomic E-state index is -1.13. The predicted octanol–water partition coefficient (Wildman–Crippen LogP) is 1.80. The van der Waals surface area contributed by atoms with Gasteiger partial charge in [0.1, 0.15) is 5.75 Å². The molecule has 23 heavy (non-hydrogen) atoms. The minimum absolute atomic E-state index is 0.333. The molecule has 1 rings (SSSR count). The number of imide groups is 1. The van der Waals surface area contributed by atoms with Gasteiger partial charge in [0.25, 0.3) is 5.91 Å². The zero-order valence-corrected chi connectivity index (χ0v) is 13.9. The summed E-state index contributed by atoms with van der Waals surface area (Å²) in [5.41, 5.74) is 2.92. The van der Waals surface area contributed by atoms with Crippen molar-refractivity contribution < 1.29 is 28.6 Å². The number of amides is 2. The van der Waals surface area contributed by atoms with E-state index in [4.69, 9.17) is 9.47 Å². The lowest BCUT2D eigenvalue weighted by molar-refractivity contribution is -0.156. The van der Waals surface area contributed by atoms with Gasteiger partial charge in [-0.25, -0.2) is 9.59 Å². The molecule has 0 unspecified atom stereocenters. The van der Waals surface area contributed by atoms with E-state index in [9.17, 15) is 14.4 Å². The van der Waals surface area contributed by atoms with Gasteiger partial charge in [-0.1, -0.05) is 17.7 Å². The number of alkyl carbamates (subject to hydrolysis) is 1. The van der Waals surface area contributed by atoms with E-state index in [2.05, 4.69) is 4.74 Å². The Labute approximate surface area is 134 Å². The van der Waals surface area contributed by atoms with Crippen molar-refractivity contribution in [1.29, 1.82) is 0 Å². The van der Waals surface area contributed by atoms with Gasteiger partial charge in [0, 0.05) is 0 Å². The van der Waals surface area contributed by atoms with Crippen LogP contribution in [-0.2, 0) is 19.1 Å². The number of methoxy groups -OCH3 is 1. The lowest BCUT2D eigenvalue weighted by atomic mass is 10.1. The van der Waals surface area contributed by atoms with Crippen molar-refractivity contribution in [2.24, 2.45) is 0 Å². The third-order valence-electron chi connectivity index (χ3n) is 3.03. The van der Waals surface area contributed by atoms with Crippen LogP contribution in [0, 0.1) is 20.8 Å². The molecule has 0 heterocycles. The van der Waals surface area contributed by atoms with Crippen molar-refractivity contribution >= 4 is 18.0 Å². The molecule has 0 saturated carbocycles. The second kappa shape index (κ2) is 8.17. The Hall–Kier alpha value is -2.57. The minimum Gasteiger partial charge on any atom is -0.481 e. The number of carbonyl (C=O) groups is 3. The average molecular weight is 323 g/mol. The first-order valence-electron chi connectivity index (χ1n) is 7.03. The summed E-state index contributed by atoms with van der Waals surface area (Å²) in [6.45, 7) is 6.75. The molecule has 0 saturated heterocycles. The van der Waals surface area contributed by atoms with Crippen LogP contribution in [0.15, 0.2) is 12.1 Å². The van der Waals surface area contributed by atoms with Gasteiger partial charge in [0.2, 0.25) is 0 Å². The standard InChI is InChI=1S/C16H21NO6/c1-9-6-10(2)14(11(3)7-9)22-8-13(18)23-12(4)15(19)17-16(20)21-5/h6-7,12H,8H2,1-5H3,(H,17,19,20)/t12-/m1/s1. The molecule has 0 aliphatic rings. The van der Waals surface area contributed by atoms with Crippen LogP contribution in [0.2, 0.25) is 0 Å². The number of rotatable bonds is 5. The lowest BCUT2D eigenvalue weighted by Crippen LogP contribution is -2.40. The van der Waals surface area contributed by atoms with Crippen LogP contribution in [0.1, 0.15) is 23.6 Å². The molecule has 1 aromatic rings. The van der Waals surface area contributed by atoms with Gasteiger partial charge in [0.15, 0.2) is 12.7 Å². The first kappa shape index (κ1) is 18.5. The zero-order valence-electron chi connectivity index (χ0n) is 13.9. The van der Waals surface area contributed by atoms with Crippen molar-refractivity contribution in [2.75, 3.05) is 13.7 Å². The first-order chi connectivity index (χ1) is 10.7. The Balaban J connectivity index is 2.55. The van der Waals surface area contributed by atoms with E-state index < -0.39 is 24.1 Å². The van der Waals surface area contributed by atoms with E-state index >= 15 is 0 Å². The van der Waals surface area contributed by atoms with Gasteiger partial charge in [-0.15, -0.1) is 0 Å². The van der Waals surface area contributed by atoms with Gasteiger partial charge in [0.05, 0.1) is 7.11 Å². The Kier molecular flexibility index (Phi) is 6.56. The average Bonchev–Trinajstić information content (AvgIpc) is 2.45. The normalized spacial score (nSPS) is 11.3. The molecular formula is C16H21NO6. The highest BCUT2D eigenvalue weighted by atomic mass is 16.6. The zero-order chi connectivity index (χ0) is 17.6. The van der Waals surface area contributed by atoms with Crippen LogP contribution in [-0.4, -0.2) is 37.8 Å². The summed E-state index contributed by atoms with van der Waals surface area (Å²) in [5.74, 6) is -0.871. The molecule has 0 spiro atoms. The summed E-state index contributed by atoms with van der Waals surface area (Å²) in [6.07, 6.45) is -2.05. The third-order valence-corrected chi connectivity index (χ3v) is 3.03. The summed E-state index contributed by atoms with van der Waals surface area (Å²) in [6, 6.07) is 3.89. The number of carbonyl (C=O) groups excluding carboxylic acids is 3. The number of benzene rings is 1. The molecular weight excluding hydrogens is 302 g/mol. The van der Waals surface area contributed by atoms with Gasteiger partial charge < -0.3 is 14.2 Å². The van der Waals surface area contributed by atoms with Gasteiger partial charge in [-0.05, 0) is 38.8 Å². The van der Waals surface area contributed by atoms with Crippen molar-refractivity contribution in [3.8, 4) is 5.75 Å². The highest BCUT2D eigenvalue weighted by Gasteiger charge is 2.20. The SMILES string of the molecule is COC(=O)NC(=O)[C@@H](C)OC(=O)COc1c(C)cc(C)cc1C. The molecule has 1 aromatic carbocycles. The molecule has 0 aliphatic carbocycles. The van der Waals surface area contributed by atoms with Gasteiger partial charge >= 0.3 is 12.1 Å². The topological polar surface area (TPSA) is 90.9 Å². The summed E-state index contributed by atoms with van der Waals surface area (Å²) in [7, 11) is 1.12. The van der Waals surface area contributed by atoms with Crippen LogP contribution in [0.3, 0.4) is 0 Å². The van der Waals surface area contributed by atoms with Crippen LogP contribution in [0.4, 0.5) is 4.79 Å². The van der Waals surface area contributed by atoms with Crippen molar-refractivity contribution in [3.05, 3.63) is 28.8 Å². The molecule has 2 amide bonds. The fourth-order valence-electron chi connectivity index (χ4n) is 2.06. The summed E-state index contributed by atoms with van der Waals surface area (Å²) in [4.78, 5) is 34.2. The van der Waals surface area contributed by atoms with Crippen LogP contribution in [0.5, 0.6) is 5.75 Å². The van der Waals surface area contributed by atoms with E-state index in [0.29, 0.717) is 5.75 Å². The Morgan fingerprint density at radius 2 is 1.70 bits per heavy atom. The molecule has 126 valence electrons. The molecule has 0 radical (unpaired) electrons. The fraction of sp³-hybridized carbons (Fsp3) is 0.438. The largest absolute Gasteiger partial charge is 0.481 e. The van der Waals surface area contributed by atoms with E-state index in [1.54, 1.807) is 0 Å². The number of hydrogen-bond acceptors (Lipinski definition) is 6. The monoisotopic (exact) mass is 323 g/mol. The molecule has 0 fully saturated rings. The fourth-order valence-corrected chi connectivity index (χ4v) is 2.06. The highest BCUT2D eigenvalue weighted by molar-refractivity contribution is 5.95. The Morgan fingerprint density at radius 1 is 1.13 bits per heavy atom. The van der Waals surface area contributed by atoms with Crippen molar-refractivity contribution in [3.63, 3.8) is 0 Å². The maximum absolute atomic E-state index is 11.7. The number of nitrogens with one attached hydrogen (secondary N) is 1. The molecule has 7 nitrogen and oxygen atoms in total. The smallest absolute Gasteiger partial charge is 0.413 e. The second-order valence-electron chi connectivity index (χ2n) is 5.13. The second-order valence-corrected chi connectivity index (χ2v) is 5.13. The van der Waals surface area contributed by atoms with E-state index in [1.165, 1.54) is 6.92 Å². The predicted molar refractivity (Wildman–Crippen MR) is 82.2 cm³/mol. The van der Waals surface area contributed by atoms with Crippen LogP contribution in [0.25, 0.3) is 0 Å². The Morgan fingerprint density at radius 3 is 2.22 bits per heavy atom. The summed E-state index contributed by atoms with van der Waals surface area (Å²) in [5, 5.41) is 1.91. The van der Waals surface area contributed by atoms with E-state index in [0.717, 1.165) is 23.8 Å². The van der Waals surface area contributed by atoms with Crippen LogP contribution >= 0.6 is 0 Å². The summed E-state index contributed by atoms with van der Waals surface area (Å²) < 4.78 is 14.6. The quantitative estimate of drug-likeness (QED) is 0.831. The highest BCUT2D eigenvalue weighted by Crippen LogP contribution is 2.24. The van der Waals surface area contributed by atoms with Gasteiger partial charge in [-0.2, -0.15) is 0 Å². The Bertz CT molecular complexity index is 588. The molecule has 0 aliphatic heterocycles. The maximum Gasteiger partial charge on any atom is 0.413 e. The molecule has 0 bridgehead atoms. The van der Waals surface area contributed by atoms with E-state index in [-0.39, 0.29) is 6.61 Å². The molecule has 1 atom stereocenters. The molecule has 0 aromatic heterocycles. The lowest BCUT2D eigenvalue weighted by Gasteiger charge is -2.15. The van der Waals surface area contributed by atoms with Gasteiger partial charge in [-0.3, -0.25) is 10.1 Å². The number of esters is 1. The number of aryl methyl sites for hydroxylation is 3. The third kappa shape index (κ3) is 5.61. The van der Waals surface area contributed by atoms with Crippen LogP contribution < -0.4 is 10.1 Å². The van der Waals surface area contributed by atoms with E-state index in [1.807, 2.05) is 38.2 Å². The number of hydrogen-bond donors (Lipinski definition) is 1. The summed E-state index contributed by atoms with van der Waals surface area (Å²) >= 11 is 0. The molecule has 1 N–H and O–H groups in total. The van der Waals surface area contributed by atoms with Crippen molar-refractivity contribution in [2.45, 2.75) is 33.8 Å². The molecule has 7 heteroatoms.